The molecule has 6 nitrogen and oxygen atoms in total. The second kappa shape index (κ2) is 6.56. The molecular weight excluding hydrogens is 294 g/mol. The first-order valence-corrected chi connectivity index (χ1v) is 7.56. The van der Waals surface area contributed by atoms with E-state index in [4.69, 9.17) is 9.47 Å². The van der Waals surface area contributed by atoms with Crippen LogP contribution in [0.15, 0.2) is 36.5 Å². The first-order valence-electron chi connectivity index (χ1n) is 7.56. The summed E-state index contributed by atoms with van der Waals surface area (Å²) < 4.78 is 12.8. The fraction of sp³-hybridized carbons (Fsp3) is 0.294. The highest BCUT2D eigenvalue weighted by molar-refractivity contribution is 6.01. The molecule has 0 atom stereocenters. The Bertz CT molecular complexity index is 734. The number of aromatic nitrogens is 2. The van der Waals surface area contributed by atoms with E-state index < -0.39 is 0 Å². The Morgan fingerprint density at radius 3 is 2.83 bits per heavy atom. The van der Waals surface area contributed by atoms with E-state index in [1.54, 1.807) is 23.0 Å². The molecule has 0 unspecified atom stereocenters. The van der Waals surface area contributed by atoms with Crippen LogP contribution < -0.4 is 14.8 Å². The van der Waals surface area contributed by atoms with E-state index in [1.807, 2.05) is 32.0 Å². The molecule has 1 amide bonds. The van der Waals surface area contributed by atoms with Crippen molar-refractivity contribution in [1.29, 1.82) is 0 Å². The van der Waals surface area contributed by atoms with Crippen LogP contribution in [0.3, 0.4) is 0 Å². The van der Waals surface area contributed by atoms with Gasteiger partial charge in [-0.1, -0.05) is 6.07 Å². The number of hydrogen-bond acceptors (Lipinski definition) is 4. The van der Waals surface area contributed by atoms with E-state index in [0.29, 0.717) is 24.8 Å². The second-order valence-corrected chi connectivity index (χ2v) is 5.48. The van der Waals surface area contributed by atoms with E-state index in [-0.39, 0.29) is 11.9 Å². The number of carbonyl (C=O) groups is 1. The Morgan fingerprint density at radius 1 is 1.26 bits per heavy atom. The Hall–Kier alpha value is -2.76. The van der Waals surface area contributed by atoms with Crippen LogP contribution >= 0.6 is 0 Å². The normalized spacial score (nSPS) is 13.5. The number of benzene rings is 1. The minimum absolute atomic E-state index is 0.182. The molecule has 0 saturated heterocycles. The van der Waals surface area contributed by atoms with Crippen LogP contribution in [-0.4, -0.2) is 28.9 Å². The predicted octanol–water partition coefficient (Wildman–Crippen LogP) is 2.89. The van der Waals surface area contributed by atoms with E-state index in [9.17, 15) is 4.79 Å². The topological polar surface area (TPSA) is 65.4 Å². The van der Waals surface area contributed by atoms with Crippen LogP contribution in [-0.2, 0) is 4.79 Å². The van der Waals surface area contributed by atoms with Crippen molar-refractivity contribution in [1.82, 2.24) is 9.78 Å². The van der Waals surface area contributed by atoms with Crippen molar-refractivity contribution in [2.75, 3.05) is 18.5 Å². The van der Waals surface area contributed by atoms with Gasteiger partial charge >= 0.3 is 0 Å². The van der Waals surface area contributed by atoms with E-state index in [1.165, 1.54) is 6.08 Å². The van der Waals surface area contributed by atoms with Crippen LogP contribution in [0.1, 0.15) is 25.5 Å². The minimum atomic E-state index is -0.206. The Labute approximate surface area is 134 Å². The monoisotopic (exact) mass is 313 g/mol. The van der Waals surface area contributed by atoms with E-state index in [2.05, 4.69) is 10.4 Å². The van der Waals surface area contributed by atoms with Crippen LogP contribution in [0.5, 0.6) is 11.5 Å². The lowest BCUT2D eigenvalue weighted by molar-refractivity contribution is -0.111. The van der Waals surface area contributed by atoms with Gasteiger partial charge in [0.1, 0.15) is 19.0 Å². The first kappa shape index (κ1) is 15.1. The number of nitrogens with zero attached hydrogens (tertiary/aromatic N) is 2. The van der Waals surface area contributed by atoms with Crippen molar-refractivity contribution >= 4 is 17.8 Å². The lowest BCUT2D eigenvalue weighted by atomic mass is 10.2. The molecule has 0 fully saturated rings. The average Bonchev–Trinajstić information content (AvgIpc) is 3.01. The summed E-state index contributed by atoms with van der Waals surface area (Å²) in [5.74, 6) is 1.91. The lowest BCUT2D eigenvalue weighted by Crippen LogP contribution is -2.15. The van der Waals surface area contributed by atoms with E-state index in [0.717, 1.165) is 11.3 Å². The highest BCUT2D eigenvalue weighted by Gasteiger charge is 2.11. The third-order valence-corrected chi connectivity index (χ3v) is 3.40. The molecule has 23 heavy (non-hydrogen) atoms. The molecule has 0 aliphatic carbocycles. The summed E-state index contributed by atoms with van der Waals surface area (Å²) in [5.41, 5.74) is 0.877. The summed E-state index contributed by atoms with van der Waals surface area (Å²) in [6.07, 6.45) is 4.90. The van der Waals surface area contributed by atoms with Crippen molar-refractivity contribution in [3.8, 4) is 11.5 Å². The summed E-state index contributed by atoms with van der Waals surface area (Å²) in [4.78, 5) is 12.1. The number of ether oxygens (including phenoxy) is 2. The summed E-state index contributed by atoms with van der Waals surface area (Å²) in [5, 5.41) is 7.01. The molecule has 0 spiro atoms. The standard InChI is InChI=1S/C17H19N3O3/c1-12(2)20-16(7-8-18-20)19-17(21)6-4-13-3-5-14-15(11-13)23-10-9-22-14/h3-8,11-12H,9-10H2,1-2H3,(H,19,21). The fourth-order valence-electron chi connectivity index (χ4n) is 2.33. The molecule has 1 aromatic carbocycles. The van der Waals surface area contributed by atoms with Crippen LogP contribution in [0, 0.1) is 0 Å². The van der Waals surface area contributed by atoms with Crippen molar-refractivity contribution in [2.24, 2.45) is 0 Å². The second-order valence-electron chi connectivity index (χ2n) is 5.48. The van der Waals surface area contributed by atoms with Gasteiger partial charge < -0.3 is 14.8 Å². The van der Waals surface area contributed by atoms with Gasteiger partial charge in [0.05, 0.1) is 6.20 Å². The average molecular weight is 313 g/mol. The van der Waals surface area contributed by atoms with Gasteiger partial charge in [-0.05, 0) is 37.6 Å². The SMILES string of the molecule is CC(C)n1nccc1NC(=O)C=Cc1ccc2c(c1)OCCO2. The van der Waals surface area contributed by atoms with E-state index >= 15 is 0 Å². The van der Waals surface area contributed by atoms with Crippen molar-refractivity contribution in [3.63, 3.8) is 0 Å². The first-order chi connectivity index (χ1) is 11.1. The molecule has 2 heterocycles. The maximum absolute atomic E-state index is 12.1. The molecular formula is C17H19N3O3. The number of rotatable bonds is 4. The summed E-state index contributed by atoms with van der Waals surface area (Å²) in [6, 6.07) is 7.55. The summed E-state index contributed by atoms with van der Waals surface area (Å²) in [7, 11) is 0. The molecule has 0 radical (unpaired) electrons. The third-order valence-electron chi connectivity index (χ3n) is 3.40. The van der Waals surface area contributed by atoms with Crippen molar-refractivity contribution in [2.45, 2.75) is 19.9 Å². The smallest absolute Gasteiger partial charge is 0.249 e. The molecule has 0 saturated carbocycles. The quantitative estimate of drug-likeness (QED) is 0.882. The number of amides is 1. The molecule has 1 N–H and O–H groups in total. The molecule has 6 heteroatoms. The van der Waals surface area contributed by atoms with Crippen molar-refractivity contribution < 1.29 is 14.3 Å². The molecule has 3 rings (SSSR count). The highest BCUT2D eigenvalue weighted by Crippen LogP contribution is 2.31. The Balaban J connectivity index is 1.67. The Kier molecular flexibility index (Phi) is 4.32. The fourth-order valence-corrected chi connectivity index (χ4v) is 2.33. The van der Waals surface area contributed by atoms with Gasteiger partial charge in [-0.2, -0.15) is 5.10 Å². The number of fused-ring (bicyclic) bond motifs is 1. The Morgan fingerprint density at radius 2 is 2.04 bits per heavy atom. The molecule has 0 bridgehead atoms. The molecule has 1 aliphatic rings. The third kappa shape index (κ3) is 3.53. The van der Waals surface area contributed by atoms with Gasteiger partial charge in [-0.15, -0.1) is 0 Å². The van der Waals surface area contributed by atoms with Gasteiger partial charge in [0.15, 0.2) is 11.5 Å². The number of nitrogens with one attached hydrogen (secondary N) is 1. The van der Waals surface area contributed by atoms with Crippen LogP contribution in [0.4, 0.5) is 5.82 Å². The van der Waals surface area contributed by atoms with Gasteiger partial charge in [0.2, 0.25) is 5.91 Å². The summed E-state index contributed by atoms with van der Waals surface area (Å²) >= 11 is 0. The lowest BCUT2D eigenvalue weighted by Gasteiger charge is -2.18. The number of hydrogen-bond donors (Lipinski definition) is 1. The van der Waals surface area contributed by atoms with Crippen molar-refractivity contribution in [3.05, 3.63) is 42.1 Å². The minimum Gasteiger partial charge on any atom is -0.486 e. The molecule has 1 aromatic heterocycles. The summed E-state index contributed by atoms with van der Waals surface area (Å²) in [6.45, 7) is 5.12. The molecule has 2 aromatic rings. The van der Waals surface area contributed by atoms with Crippen LogP contribution in [0.25, 0.3) is 6.08 Å². The maximum atomic E-state index is 12.1. The van der Waals surface area contributed by atoms with Gasteiger partial charge in [-0.25, -0.2) is 4.68 Å². The number of anilines is 1. The van der Waals surface area contributed by atoms with Gasteiger partial charge in [0, 0.05) is 18.2 Å². The number of carbonyl (C=O) groups excluding carboxylic acids is 1. The highest BCUT2D eigenvalue weighted by atomic mass is 16.6. The largest absolute Gasteiger partial charge is 0.486 e. The zero-order valence-electron chi connectivity index (χ0n) is 13.2. The molecule has 1 aliphatic heterocycles. The zero-order chi connectivity index (χ0) is 16.2. The predicted molar refractivity (Wildman–Crippen MR) is 87.7 cm³/mol. The zero-order valence-corrected chi connectivity index (χ0v) is 13.2. The molecule has 120 valence electrons. The van der Waals surface area contributed by atoms with Gasteiger partial charge in [-0.3, -0.25) is 4.79 Å². The van der Waals surface area contributed by atoms with Crippen LogP contribution in [0.2, 0.25) is 0 Å². The maximum Gasteiger partial charge on any atom is 0.249 e. The van der Waals surface area contributed by atoms with Gasteiger partial charge in [0.25, 0.3) is 0 Å².